The number of hydrogen-bond acceptors (Lipinski definition) is 5. The summed E-state index contributed by atoms with van der Waals surface area (Å²) in [5, 5.41) is 10.4. The van der Waals surface area contributed by atoms with Crippen LogP contribution < -0.4 is 5.32 Å². The molecule has 0 aliphatic heterocycles. The summed E-state index contributed by atoms with van der Waals surface area (Å²) in [6.45, 7) is 3.04. The van der Waals surface area contributed by atoms with Gasteiger partial charge in [-0.05, 0) is 35.6 Å². The lowest BCUT2D eigenvalue weighted by molar-refractivity contribution is 0.0952. The highest BCUT2D eigenvalue weighted by molar-refractivity contribution is 7.13. The number of thiophene rings is 1. The highest BCUT2D eigenvalue weighted by Crippen LogP contribution is 2.29. The molecule has 1 aromatic carbocycles. The van der Waals surface area contributed by atoms with Gasteiger partial charge in [0.1, 0.15) is 0 Å². The van der Waals surface area contributed by atoms with Gasteiger partial charge in [-0.15, -0.1) is 11.3 Å². The Bertz CT molecular complexity index is 1390. The Kier molecular flexibility index (Phi) is 5.28. The number of carbonyl (C=O) groups excluding carboxylic acids is 1. The largest absolute Gasteiger partial charge is 0.348 e. The summed E-state index contributed by atoms with van der Waals surface area (Å²) < 4.78 is 3.75. The molecule has 0 unspecified atom stereocenters. The van der Waals surface area contributed by atoms with Crippen molar-refractivity contribution in [1.29, 1.82) is 0 Å². The lowest BCUT2D eigenvalue weighted by Crippen LogP contribution is -2.24. The van der Waals surface area contributed by atoms with Crippen LogP contribution in [0.1, 0.15) is 27.2 Å². The number of benzene rings is 1. The monoisotopic (exact) mass is 442 g/mol. The van der Waals surface area contributed by atoms with E-state index < -0.39 is 0 Å². The van der Waals surface area contributed by atoms with E-state index in [1.54, 1.807) is 28.5 Å². The van der Waals surface area contributed by atoms with Gasteiger partial charge in [0.25, 0.3) is 5.91 Å². The number of nitrogens with one attached hydrogen (secondary N) is 1. The van der Waals surface area contributed by atoms with Crippen LogP contribution in [0.5, 0.6) is 0 Å². The molecule has 0 saturated heterocycles. The zero-order valence-corrected chi connectivity index (χ0v) is 18.6. The fraction of sp³-hybridized carbons (Fsp3) is 0.167. The fourth-order valence-electron chi connectivity index (χ4n) is 3.91. The molecule has 0 atom stereocenters. The number of aryl methyl sites for hydroxylation is 2. The lowest BCUT2D eigenvalue weighted by Gasteiger charge is -2.12. The first kappa shape index (κ1) is 20.1. The van der Waals surface area contributed by atoms with Crippen LogP contribution in [0.15, 0.2) is 66.6 Å². The second-order valence-corrected chi connectivity index (χ2v) is 8.57. The summed E-state index contributed by atoms with van der Waals surface area (Å²) in [5.41, 5.74) is 5.08. The Hall–Kier alpha value is -3.78. The van der Waals surface area contributed by atoms with Gasteiger partial charge in [-0.3, -0.25) is 9.48 Å². The molecule has 1 N–H and O–H groups in total. The molecule has 1 amide bonds. The molecule has 4 aromatic heterocycles. The summed E-state index contributed by atoms with van der Waals surface area (Å²) in [5.74, 6) is -0.135. The molecule has 0 fully saturated rings. The molecule has 0 aliphatic carbocycles. The Labute approximate surface area is 189 Å². The molecule has 0 bridgehead atoms. The van der Waals surface area contributed by atoms with Gasteiger partial charge in [0.05, 0.1) is 33.5 Å². The number of nitrogens with zero attached hydrogens (tertiary/aromatic N) is 5. The number of rotatable bonds is 6. The molecule has 5 aromatic rings. The van der Waals surface area contributed by atoms with Crippen LogP contribution in [0.3, 0.4) is 0 Å². The van der Waals surface area contributed by atoms with Crippen LogP contribution in [0, 0.1) is 6.92 Å². The minimum absolute atomic E-state index is 0.135. The van der Waals surface area contributed by atoms with E-state index in [-0.39, 0.29) is 5.91 Å². The van der Waals surface area contributed by atoms with Crippen molar-refractivity contribution >= 4 is 28.3 Å². The molecule has 0 radical (unpaired) electrons. The average molecular weight is 443 g/mol. The van der Waals surface area contributed by atoms with Gasteiger partial charge in [0.15, 0.2) is 5.65 Å². The van der Waals surface area contributed by atoms with Crippen LogP contribution in [0.2, 0.25) is 0 Å². The number of imidazole rings is 1. The lowest BCUT2D eigenvalue weighted by atomic mass is 10.1. The molecular formula is C24H22N6OS. The van der Waals surface area contributed by atoms with Gasteiger partial charge >= 0.3 is 0 Å². The molecule has 160 valence electrons. The van der Waals surface area contributed by atoms with Crippen molar-refractivity contribution in [3.05, 3.63) is 88.9 Å². The highest BCUT2D eigenvalue weighted by atomic mass is 32.1. The van der Waals surface area contributed by atoms with Crippen LogP contribution in [0.4, 0.5) is 0 Å². The van der Waals surface area contributed by atoms with Crippen molar-refractivity contribution in [3.8, 4) is 10.6 Å². The molecule has 0 aliphatic rings. The first-order chi connectivity index (χ1) is 15.6. The van der Waals surface area contributed by atoms with Crippen LogP contribution >= 0.6 is 11.3 Å². The predicted octanol–water partition coefficient (Wildman–Crippen LogP) is 4.18. The average Bonchev–Trinajstić information content (AvgIpc) is 3.56. The summed E-state index contributed by atoms with van der Waals surface area (Å²) in [6.07, 6.45) is 5.49. The van der Waals surface area contributed by atoms with E-state index in [4.69, 9.17) is 4.98 Å². The maximum atomic E-state index is 13.4. The van der Waals surface area contributed by atoms with Gasteiger partial charge in [0, 0.05) is 32.5 Å². The third-order valence-corrected chi connectivity index (χ3v) is 6.35. The maximum absolute atomic E-state index is 13.4. The van der Waals surface area contributed by atoms with Crippen molar-refractivity contribution in [2.24, 2.45) is 7.05 Å². The van der Waals surface area contributed by atoms with E-state index in [0.717, 1.165) is 32.8 Å². The number of fused-ring (bicyclic) bond motifs is 1. The predicted molar refractivity (Wildman–Crippen MR) is 126 cm³/mol. The SMILES string of the molecule is Cc1nn(C)c2nc(-c3cccs3)cc(C(=O)NCc3ccccc3Cn3ccnc3)c12. The van der Waals surface area contributed by atoms with E-state index in [9.17, 15) is 4.79 Å². The molecular weight excluding hydrogens is 420 g/mol. The first-order valence-corrected chi connectivity index (χ1v) is 11.2. The number of hydrogen-bond donors (Lipinski definition) is 1. The van der Waals surface area contributed by atoms with Crippen molar-refractivity contribution in [3.63, 3.8) is 0 Å². The van der Waals surface area contributed by atoms with Crippen molar-refractivity contribution < 1.29 is 4.79 Å². The van der Waals surface area contributed by atoms with Gasteiger partial charge < -0.3 is 9.88 Å². The molecule has 0 saturated carbocycles. The molecule has 4 heterocycles. The van der Waals surface area contributed by atoms with E-state index in [0.29, 0.717) is 24.3 Å². The third-order valence-electron chi connectivity index (χ3n) is 5.46. The summed E-state index contributed by atoms with van der Waals surface area (Å²) in [6, 6.07) is 14.0. The van der Waals surface area contributed by atoms with Crippen LogP contribution in [-0.2, 0) is 20.1 Å². The standard InChI is InChI=1S/C24H22N6OS/c1-16-22-19(12-20(21-8-5-11-32-21)27-23(22)29(2)28-16)24(31)26-13-17-6-3-4-7-18(17)14-30-10-9-25-15-30/h3-12,15H,13-14H2,1-2H3,(H,26,31). The van der Waals surface area contributed by atoms with E-state index in [2.05, 4.69) is 21.5 Å². The number of amides is 1. The minimum atomic E-state index is -0.135. The number of pyridine rings is 1. The quantitative estimate of drug-likeness (QED) is 0.428. The summed E-state index contributed by atoms with van der Waals surface area (Å²) >= 11 is 1.60. The second kappa shape index (κ2) is 8.39. The molecule has 0 spiro atoms. The zero-order valence-electron chi connectivity index (χ0n) is 17.8. The van der Waals surface area contributed by atoms with E-state index in [1.807, 2.05) is 66.5 Å². The second-order valence-electron chi connectivity index (χ2n) is 7.63. The van der Waals surface area contributed by atoms with Crippen LogP contribution in [0.25, 0.3) is 21.6 Å². The Balaban J connectivity index is 1.46. The number of aromatic nitrogens is 5. The summed E-state index contributed by atoms with van der Waals surface area (Å²) in [7, 11) is 1.86. The van der Waals surface area contributed by atoms with Gasteiger partial charge in [-0.25, -0.2) is 9.97 Å². The van der Waals surface area contributed by atoms with Crippen molar-refractivity contribution in [2.75, 3.05) is 0 Å². The molecule has 32 heavy (non-hydrogen) atoms. The molecule has 7 nitrogen and oxygen atoms in total. The zero-order chi connectivity index (χ0) is 22.1. The van der Waals surface area contributed by atoms with Crippen molar-refractivity contribution in [1.82, 2.24) is 29.6 Å². The summed E-state index contributed by atoms with van der Waals surface area (Å²) in [4.78, 5) is 23.3. The first-order valence-electron chi connectivity index (χ1n) is 10.3. The minimum Gasteiger partial charge on any atom is -0.348 e. The smallest absolute Gasteiger partial charge is 0.252 e. The van der Waals surface area contributed by atoms with Gasteiger partial charge in [0.2, 0.25) is 0 Å². The van der Waals surface area contributed by atoms with Gasteiger partial charge in [-0.2, -0.15) is 5.10 Å². The topological polar surface area (TPSA) is 77.6 Å². The van der Waals surface area contributed by atoms with E-state index >= 15 is 0 Å². The Morgan fingerprint density at radius 1 is 1.16 bits per heavy atom. The van der Waals surface area contributed by atoms with Crippen LogP contribution in [-0.4, -0.2) is 30.2 Å². The Morgan fingerprint density at radius 3 is 2.75 bits per heavy atom. The fourth-order valence-corrected chi connectivity index (χ4v) is 4.59. The molecule has 8 heteroatoms. The van der Waals surface area contributed by atoms with Crippen molar-refractivity contribution in [2.45, 2.75) is 20.0 Å². The maximum Gasteiger partial charge on any atom is 0.252 e. The van der Waals surface area contributed by atoms with E-state index in [1.165, 1.54) is 0 Å². The Morgan fingerprint density at radius 2 is 2.00 bits per heavy atom. The van der Waals surface area contributed by atoms with Gasteiger partial charge in [-0.1, -0.05) is 30.3 Å². The normalized spacial score (nSPS) is 11.2. The third kappa shape index (κ3) is 3.80. The highest BCUT2D eigenvalue weighted by Gasteiger charge is 2.19. The number of carbonyl (C=O) groups is 1. The molecule has 5 rings (SSSR count).